The van der Waals surface area contributed by atoms with E-state index in [0.29, 0.717) is 6.42 Å². The molecule has 0 aromatic rings. The largest absolute Gasteiger partial charge is 0.386 e. The number of carbonyl (C=O) groups is 1. The third kappa shape index (κ3) is 2.01. The van der Waals surface area contributed by atoms with E-state index >= 15 is 0 Å². The van der Waals surface area contributed by atoms with Gasteiger partial charge < -0.3 is 5.73 Å². The molecule has 1 heterocycles. The van der Waals surface area contributed by atoms with E-state index in [-0.39, 0.29) is 17.7 Å². The molecule has 0 saturated heterocycles. The summed E-state index contributed by atoms with van der Waals surface area (Å²) in [5.74, 6) is 0.102. The number of amidine groups is 1. The van der Waals surface area contributed by atoms with Gasteiger partial charge in [0.25, 0.3) is 0 Å². The van der Waals surface area contributed by atoms with Gasteiger partial charge in [0.15, 0.2) is 11.7 Å². The quantitative estimate of drug-likeness (QED) is 0.700. The lowest BCUT2D eigenvalue weighted by Gasteiger charge is -2.03. The molecule has 5 heteroatoms. The molecule has 13 heavy (non-hydrogen) atoms. The maximum Gasteiger partial charge on any atom is 0.182 e. The van der Waals surface area contributed by atoms with Gasteiger partial charge in [-0.05, 0) is 18.4 Å². The standard InChI is InChI=1S/C8H11N3OS/c1-13-3-2-6-7(12)5(4-9)8(10)11-6/h5-6H,2-3H2,1H3,(H2,10,11). The zero-order valence-electron chi connectivity index (χ0n) is 7.36. The van der Waals surface area contributed by atoms with E-state index in [1.165, 1.54) is 0 Å². The minimum absolute atomic E-state index is 0.144. The Labute approximate surface area is 81.2 Å². The number of nitriles is 1. The Bertz CT molecular complexity index is 282. The Hall–Kier alpha value is -1.02. The second kappa shape index (κ2) is 4.28. The molecule has 70 valence electrons. The van der Waals surface area contributed by atoms with Crippen molar-refractivity contribution >= 4 is 23.4 Å². The summed E-state index contributed by atoms with van der Waals surface area (Å²) in [5, 5.41) is 8.61. The Morgan fingerprint density at radius 2 is 2.46 bits per heavy atom. The van der Waals surface area contributed by atoms with Crippen molar-refractivity contribution < 1.29 is 4.79 Å². The van der Waals surface area contributed by atoms with Gasteiger partial charge in [0, 0.05) is 0 Å². The molecule has 1 aliphatic heterocycles. The number of Topliss-reactive ketones (excluding diaryl/α,β-unsaturated/α-hetero) is 1. The number of aliphatic imine (C=N–C) groups is 1. The molecule has 0 spiro atoms. The van der Waals surface area contributed by atoms with E-state index in [4.69, 9.17) is 11.0 Å². The Morgan fingerprint density at radius 3 is 2.92 bits per heavy atom. The predicted octanol–water partition coefficient (Wildman–Crippen LogP) is 0.188. The minimum atomic E-state index is -0.799. The monoisotopic (exact) mass is 197 g/mol. The van der Waals surface area contributed by atoms with Crippen LogP contribution in [0.15, 0.2) is 4.99 Å². The molecule has 1 rings (SSSR count). The van der Waals surface area contributed by atoms with Crippen LogP contribution in [0, 0.1) is 17.2 Å². The van der Waals surface area contributed by atoms with Crippen molar-refractivity contribution in [2.45, 2.75) is 12.5 Å². The summed E-state index contributed by atoms with van der Waals surface area (Å²) in [6.45, 7) is 0. The van der Waals surface area contributed by atoms with Crippen molar-refractivity contribution in [2.75, 3.05) is 12.0 Å². The smallest absolute Gasteiger partial charge is 0.182 e. The summed E-state index contributed by atoms with van der Waals surface area (Å²) >= 11 is 1.66. The van der Waals surface area contributed by atoms with E-state index < -0.39 is 5.92 Å². The number of rotatable bonds is 3. The van der Waals surface area contributed by atoms with Gasteiger partial charge in [-0.1, -0.05) is 0 Å². The molecule has 0 fully saturated rings. The molecule has 0 aromatic heterocycles. The zero-order chi connectivity index (χ0) is 9.84. The fraction of sp³-hybridized carbons (Fsp3) is 0.625. The lowest BCUT2D eigenvalue weighted by atomic mass is 10.0. The van der Waals surface area contributed by atoms with Crippen LogP contribution in [0.2, 0.25) is 0 Å². The normalized spacial score (nSPS) is 27.1. The van der Waals surface area contributed by atoms with Crippen LogP contribution >= 0.6 is 11.8 Å². The van der Waals surface area contributed by atoms with Crippen LogP contribution in [-0.2, 0) is 4.79 Å². The van der Waals surface area contributed by atoms with Crippen molar-refractivity contribution in [3.05, 3.63) is 0 Å². The van der Waals surface area contributed by atoms with Crippen LogP contribution in [0.25, 0.3) is 0 Å². The molecule has 0 aromatic carbocycles. The van der Waals surface area contributed by atoms with Gasteiger partial charge >= 0.3 is 0 Å². The number of hydrogen-bond donors (Lipinski definition) is 1. The van der Waals surface area contributed by atoms with Crippen LogP contribution in [-0.4, -0.2) is 29.7 Å². The molecule has 0 saturated carbocycles. The van der Waals surface area contributed by atoms with Gasteiger partial charge in [-0.2, -0.15) is 17.0 Å². The Balaban J connectivity index is 2.62. The summed E-state index contributed by atoms with van der Waals surface area (Å²) in [4.78, 5) is 15.4. The number of carbonyl (C=O) groups excluding carboxylic acids is 1. The van der Waals surface area contributed by atoms with E-state index in [1.807, 2.05) is 12.3 Å². The van der Waals surface area contributed by atoms with E-state index in [2.05, 4.69) is 4.99 Å². The Kier molecular flexibility index (Phi) is 3.32. The molecule has 1 aliphatic rings. The number of ketones is 1. The molecule has 0 radical (unpaired) electrons. The van der Waals surface area contributed by atoms with E-state index in [9.17, 15) is 4.79 Å². The van der Waals surface area contributed by atoms with Gasteiger partial charge in [0.05, 0.1) is 6.07 Å². The number of thioether (sulfide) groups is 1. The number of nitrogens with two attached hydrogens (primary N) is 1. The SMILES string of the molecule is CSCCC1N=C(N)C(C#N)C1=O. The predicted molar refractivity (Wildman–Crippen MR) is 52.5 cm³/mol. The van der Waals surface area contributed by atoms with Crippen LogP contribution in [0.4, 0.5) is 0 Å². The molecule has 2 N–H and O–H groups in total. The van der Waals surface area contributed by atoms with Crippen molar-refractivity contribution in [1.82, 2.24) is 0 Å². The Morgan fingerprint density at radius 1 is 1.77 bits per heavy atom. The highest BCUT2D eigenvalue weighted by molar-refractivity contribution is 7.98. The van der Waals surface area contributed by atoms with Gasteiger partial charge in [0.2, 0.25) is 0 Å². The molecule has 0 aliphatic carbocycles. The van der Waals surface area contributed by atoms with Crippen molar-refractivity contribution in [3.63, 3.8) is 0 Å². The molecule has 2 unspecified atom stereocenters. The first-order valence-electron chi connectivity index (χ1n) is 3.96. The third-order valence-corrected chi connectivity index (χ3v) is 2.58. The van der Waals surface area contributed by atoms with Gasteiger partial charge in [0.1, 0.15) is 11.9 Å². The van der Waals surface area contributed by atoms with Crippen LogP contribution < -0.4 is 5.73 Å². The molecule has 0 bridgehead atoms. The highest BCUT2D eigenvalue weighted by Gasteiger charge is 2.35. The highest BCUT2D eigenvalue weighted by atomic mass is 32.2. The lowest BCUT2D eigenvalue weighted by Crippen LogP contribution is -2.26. The topological polar surface area (TPSA) is 79.2 Å². The lowest BCUT2D eigenvalue weighted by molar-refractivity contribution is -0.120. The fourth-order valence-corrected chi connectivity index (χ4v) is 1.68. The maximum atomic E-state index is 11.4. The van der Waals surface area contributed by atoms with Crippen LogP contribution in [0.3, 0.4) is 0 Å². The van der Waals surface area contributed by atoms with Crippen molar-refractivity contribution in [1.29, 1.82) is 5.26 Å². The second-order valence-corrected chi connectivity index (χ2v) is 3.80. The first-order chi connectivity index (χ1) is 6.20. The highest BCUT2D eigenvalue weighted by Crippen LogP contribution is 2.17. The van der Waals surface area contributed by atoms with Crippen molar-refractivity contribution in [3.8, 4) is 6.07 Å². The molecule has 4 nitrogen and oxygen atoms in total. The first kappa shape index (κ1) is 10.1. The summed E-state index contributed by atoms with van der Waals surface area (Å²) in [5.41, 5.74) is 5.44. The first-order valence-corrected chi connectivity index (χ1v) is 5.35. The number of nitrogens with zero attached hydrogens (tertiary/aromatic N) is 2. The number of hydrogen-bond acceptors (Lipinski definition) is 5. The molecular formula is C8H11N3OS. The summed E-state index contributed by atoms with van der Waals surface area (Å²) in [6, 6.07) is 1.48. The third-order valence-electron chi connectivity index (χ3n) is 1.94. The summed E-state index contributed by atoms with van der Waals surface area (Å²) in [6.07, 6.45) is 2.65. The van der Waals surface area contributed by atoms with Crippen molar-refractivity contribution in [2.24, 2.45) is 16.6 Å². The minimum Gasteiger partial charge on any atom is -0.386 e. The van der Waals surface area contributed by atoms with Gasteiger partial charge in [-0.3, -0.25) is 9.79 Å². The second-order valence-electron chi connectivity index (χ2n) is 2.82. The molecule has 2 atom stereocenters. The van der Waals surface area contributed by atoms with Crippen LogP contribution in [0.1, 0.15) is 6.42 Å². The maximum absolute atomic E-state index is 11.4. The average molecular weight is 197 g/mol. The fourth-order valence-electron chi connectivity index (χ4n) is 1.22. The van der Waals surface area contributed by atoms with Gasteiger partial charge in [-0.15, -0.1) is 0 Å². The molecular weight excluding hydrogens is 186 g/mol. The van der Waals surface area contributed by atoms with E-state index in [0.717, 1.165) is 5.75 Å². The average Bonchev–Trinajstić information content (AvgIpc) is 2.38. The summed E-state index contributed by atoms with van der Waals surface area (Å²) < 4.78 is 0. The van der Waals surface area contributed by atoms with Crippen LogP contribution in [0.5, 0.6) is 0 Å². The molecule has 0 amide bonds. The van der Waals surface area contributed by atoms with Gasteiger partial charge in [-0.25, -0.2) is 0 Å². The summed E-state index contributed by atoms with van der Waals surface area (Å²) in [7, 11) is 0. The van der Waals surface area contributed by atoms with E-state index in [1.54, 1.807) is 11.8 Å². The zero-order valence-corrected chi connectivity index (χ0v) is 8.17.